The molecule has 0 saturated carbocycles. The Hall–Kier alpha value is -1.23. The van der Waals surface area contributed by atoms with Gasteiger partial charge in [-0.3, -0.25) is 4.68 Å². The highest BCUT2D eigenvalue weighted by Crippen LogP contribution is 2.23. The second kappa shape index (κ2) is 5.75. The highest BCUT2D eigenvalue weighted by molar-refractivity contribution is 5.62. The van der Waals surface area contributed by atoms with Crippen LogP contribution in [0.1, 0.15) is 20.3 Å². The molecule has 1 aromatic rings. The van der Waals surface area contributed by atoms with E-state index in [1.807, 2.05) is 13.2 Å². The van der Waals surface area contributed by atoms with E-state index in [1.54, 1.807) is 11.8 Å². The van der Waals surface area contributed by atoms with Crippen molar-refractivity contribution in [2.75, 3.05) is 30.9 Å². The van der Waals surface area contributed by atoms with Crippen LogP contribution in [-0.2, 0) is 11.8 Å². The second-order valence-corrected chi connectivity index (χ2v) is 4.03. The lowest BCUT2D eigenvalue weighted by atomic mass is 10.2. The molecular weight excluding hydrogens is 204 g/mol. The first-order valence-electron chi connectivity index (χ1n) is 5.64. The monoisotopic (exact) mass is 226 g/mol. The molecule has 1 aromatic heterocycles. The molecule has 0 bridgehead atoms. The van der Waals surface area contributed by atoms with Crippen LogP contribution in [0.4, 0.5) is 11.5 Å². The Balaban J connectivity index is 2.86. The summed E-state index contributed by atoms with van der Waals surface area (Å²) in [6.45, 7) is 5.82. The van der Waals surface area contributed by atoms with Crippen molar-refractivity contribution in [3.8, 4) is 0 Å². The number of nitrogens with zero attached hydrogens (tertiary/aromatic N) is 3. The molecule has 0 fully saturated rings. The minimum atomic E-state index is 0.410. The molecule has 0 amide bonds. The molecule has 1 heterocycles. The molecule has 1 atom stereocenters. The predicted octanol–water partition coefficient (Wildman–Crippen LogP) is 1.25. The summed E-state index contributed by atoms with van der Waals surface area (Å²) in [6, 6.07) is 0.410. The molecule has 1 unspecified atom stereocenters. The average molecular weight is 226 g/mol. The minimum Gasteiger partial charge on any atom is -0.394 e. The summed E-state index contributed by atoms with van der Waals surface area (Å²) in [4.78, 5) is 2.19. The second-order valence-electron chi connectivity index (χ2n) is 4.03. The first-order valence-corrected chi connectivity index (χ1v) is 5.64. The fourth-order valence-electron chi connectivity index (χ4n) is 1.66. The van der Waals surface area contributed by atoms with Gasteiger partial charge in [0.1, 0.15) is 0 Å². The van der Waals surface area contributed by atoms with E-state index in [9.17, 15) is 0 Å². The van der Waals surface area contributed by atoms with Gasteiger partial charge in [-0.05, 0) is 13.3 Å². The quantitative estimate of drug-likeness (QED) is 0.793. The van der Waals surface area contributed by atoms with Crippen LogP contribution in [-0.4, -0.2) is 36.1 Å². The summed E-state index contributed by atoms with van der Waals surface area (Å²) < 4.78 is 6.86. The number of aromatic nitrogens is 2. The van der Waals surface area contributed by atoms with Crippen molar-refractivity contribution in [3.05, 3.63) is 6.20 Å². The normalized spacial score (nSPS) is 12.8. The SMILES string of the molecule is CCC(C)N(CCOC)c1nn(C)cc1N. The topological polar surface area (TPSA) is 56.3 Å². The zero-order chi connectivity index (χ0) is 12.1. The van der Waals surface area contributed by atoms with Gasteiger partial charge in [-0.2, -0.15) is 5.10 Å². The Morgan fingerprint density at radius 1 is 1.62 bits per heavy atom. The van der Waals surface area contributed by atoms with Crippen molar-refractivity contribution in [2.24, 2.45) is 7.05 Å². The number of nitrogens with two attached hydrogens (primary N) is 1. The van der Waals surface area contributed by atoms with Crippen LogP contribution in [0.25, 0.3) is 0 Å². The Morgan fingerprint density at radius 3 is 2.75 bits per heavy atom. The number of methoxy groups -OCH3 is 1. The Morgan fingerprint density at radius 2 is 2.31 bits per heavy atom. The van der Waals surface area contributed by atoms with Gasteiger partial charge in [-0.1, -0.05) is 6.92 Å². The van der Waals surface area contributed by atoms with Crippen LogP contribution in [0.5, 0.6) is 0 Å². The van der Waals surface area contributed by atoms with Gasteiger partial charge in [-0.25, -0.2) is 0 Å². The number of anilines is 2. The predicted molar refractivity (Wildman–Crippen MR) is 66.6 cm³/mol. The van der Waals surface area contributed by atoms with Gasteiger partial charge in [0, 0.05) is 32.9 Å². The molecule has 0 aliphatic rings. The summed E-state index contributed by atoms with van der Waals surface area (Å²) >= 11 is 0. The van der Waals surface area contributed by atoms with Crippen molar-refractivity contribution in [2.45, 2.75) is 26.3 Å². The molecule has 0 aliphatic carbocycles. The molecule has 1 rings (SSSR count). The maximum atomic E-state index is 5.94. The fraction of sp³-hybridized carbons (Fsp3) is 0.727. The molecule has 0 radical (unpaired) electrons. The van der Waals surface area contributed by atoms with E-state index in [1.165, 1.54) is 0 Å². The van der Waals surface area contributed by atoms with Gasteiger partial charge in [0.25, 0.3) is 0 Å². The third-order valence-corrected chi connectivity index (χ3v) is 2.77. The molecule has 2 N–H and O–H groups in total. The molecule has 0 saturated heterocycles. The van der Waals surface area contributed by atoms with Gasteiger partial charge < -0.3 is 15.4 Å². The smallest absolute Gasteiger partial charge is 0.174 e. The summed E-state index contributed by atoms with van der Waals surface area (Å²) in [5, 5.41) is 4.39. The first kappa shape index (κ1) is 12.8. The lowest BCUT2D eigenvalue weighted by Crippen LogP contribution is -2.36. The van der Waals surface area contributed by atoms with Crippen molar-refractivity contribution >= 4 is 11.5 Å². The van der Waals surface area contributed by atoms with Crippen molar-refractivity contribution < 1.29 is 4.74 Å². The van der Waals surface area contributed by atoms with Gasteiger partial charge in [-0.15, -0.1) is 0 Å². The van der Waals surface area contributed by atoms with E-state index in [0.29, 0.717) is 12.6 Å². The summed E-state index contributed by atoms with van der Waals surface area (Å²) in [5.74, 6) is 0.855. The fourth-order valence-corrected chi connectivity index (χ4v) is 1.66. The number of hydrogen-bond donors (Lipinski definition) is 1. The maximum absolute atomic E-state index is 5.94. The van der Waals surface area contributed by atoms with E-state index in [2.05, 4.69) is 23.8 Å². The minimum absolute atomic E-state index is 0.410. The van der Waals surface area contributed by atoms with E-state index < -0.39 is 0 Å². The van der Waals surface area contributed by atoms with E-state index in [0.717, 1.165) is 24.5 Å². The number of rotatable bonds is 6. The van der Waals surface area contributed by atoms with Crippen molar-refractivity contribution in [3.63, 3.8) is 0 Å². The number of hydrogen-bond acceptors (Lipinski definition) is 4. The lowest BCUT2D eigenvalue weighted by molar-refractivity contribution is 0.203. The van der Waals surface area contributed by atoms with Crippen LogP contribution < -0.4 is 10.6 Å². The summed E-state index contributed by atoms with van der Waals surface area (Å²) in [7, 11) is 3.58. The lowest BCUT2D eigenvalue weighted by Gasteiger charge is -2.28. The van der Waals surface area contributed by atoms with E-state index in [4.69, 9.17) is 10.5 Å². The highest BCUT2D eigenvalue weighted by Gasteiger charge is 2.18. The van der Waals surface area contributed by atoms with Gasteiger partial charge in [0.05, 0.1) is 12.3 Å². The zero-order valence-electron chi connectivity index (χ0n) is 10.6. The van der Waals surface area contributed by atoms with E-state index in [-0.39, 0.29) is 0 Å². The highest BCUT2D eigenvalue weighted by atomic mass is 16.5. The van der Waals surface area contributed by atoms with Gasteiger partial charge >= 0.3 is 0 Å². The molecule has 5 nitrogen and oxygen atoms in total. The van der Waals surface area contributed by atoms with Crippen LogP contribution in [0.2, 0.25) is 0 Å². The molecule has 0 aromatic carbocycles. The van der Waals surface area contributed by atoms with Crippen LogP contribution in [0, 0.1) is 0 Å². The third kappa shape index (κ3) is 2.88. The number of nitrogen functional groups attached to an aromatic ring is 1. The Labute approximate surface area is 97.2 Å². The first-order chi connectivity index (χ1) is 7.60. The third-order valence-electron chi connectivity index (χ3n) is 2.77. The molecule has 16 heavy (non-hydrogen) atoms. The largest absolute Gasteiger partial charge is 0.394 e. The maximum Gasteiger partial charge on any atom is 0.174 e. The standard InChI is InChI=1S/C11H22N4O/c1-5-9(2)15(6-7-16-4)11-10(12)8-14(3)13-11/h8-9H,5-7,12H2,1-4H3. The number of aryl methyl sites for hydroxylation is 1. The zero-order valence-corrected chi connectivity index (χ0v) is 10.6. The molecule has 5 heteroatoms. The average Bonchev–Trinajstić information content (AvgIpc) is 2.58. The summed E-state index contributed by atoms with van der Waals surface area (Å²) in [5.41, 5.74) is 6.66. The van der Waals surface area contributed by atoms with Gasteiger partial charge in [0.15, 0.2) is 5.82 Å². The van der Waals surface area contributed by atoms with Crippen LogP contribution >= 0.6 is 0 Å². The molecule has 0 spiro atoms. The van der Waals surface area contributed by atoms with Crippen LogP contribution in [0.15, 0.2) is 6.20 Å². The Bertz CT molecular complexity index is 324. The molecular formula is C11H22N4O. The summed E-state index contributed by atoms with van der Waals surface area (Å²) in [6.07, 6.45) is 2.89. The number of ether oxygens (including phenoxy) is 1. The van der Waals surface area contributed by atoms with Crippen molar-refractivity contribution in [1.29, 1.82) is 0 Å². The molecule has 0 aliphatic heterocycles. The van der Waals surface area contributed by atoms with Crippen molar-refractivity contribution in [1.82, 2.24) is 9.78 Å². The van der Waals surface area contributed by atoms with Crippen LogP contribution in [0.3, 0.4) is 0 Å². The Kier molecular flexibility index (Phi) is 4.61. The van der Waals surface area contributed by atoms with E-state index >= 15 is 0 Å². The van der Waals surface area contributed by atoms with Gasteiger partial charge in [0.2, 0.25) is 0 Å². The molecule has 92 valence electrons.